The lowest BCUT2D eigenvalue weighted by Gasteiger charge is -2.44. The highest BCUT2D eigenvalue weighted by Gasteiger charge is 2.32. The Morgan fingerprint density at radius 3 is 2.71 bits per heavy atom. The molecule has 3 aliphatic rings. The first-order valence-electron chi connectivity index (χ1n) is 9.56. The van der Waals surface area contributed by atoms with Crippen molar-refractivity contribution < 1.29 is 4.79 Å². The number of aromatic nitrogens is 1. The summed E-state index contributed by atoms with van der Waals surface area (Å²) in [6, 6.07) is 4.43. The van der Waals surface area contributed by atoms with Crippen molar-refractivity contribution >= 4 is 11.7 Å². The number of nitrogens with zero attached hydrogens (tertiary/aromatic N) is 4. The van der Waals surface area contributed by atoms with Crippen LogP contribution in [-0.2, 0) is 0 Å². The zero-order valence-electron chi connectivity index (χ0n) is 14.5. The van der Waals surface area contributed by atoms with Gasteiger partial charge in [-0.05, 0) is 50.8 Å². The molecule has 5 heteroatoms. The van der Waals surface area contributed by atoms with Gasteiger partial charge in [0.1, 0.15) is 5.82 Å². The molecule has 0 aromatic carbocycles. The topological polar surface area (TPSA) is 39.7 Å². The quantitative estimate of drug-likeness (QED) is 0.836. The van der Waals surface area contributed by atoms with Crippen LogP contribution in [0, 0.1) is 0 Å². The van der Waals surface area contributed by atoms with Crippen LogP contribution in [0.4, 0.5) is 5.82 Å². The Labute approximate surface area is 144 Å². The number of piperazine rings is 1. The van der Waals surface area contributed by atoms with Crippen molar-refractivity contribution in [2.45, 2.75) is 44.6 Å². The van der Waals surface area contributed by atoms with E-state index in [2.05, 4.69) is 19.7 Å². The van der Waals surface area contributed by atoms with Gasteiger partial charge >= 0.3 is 0 Å². The zero-order valence-corrected chi connectivity index (χ0v) is 14.5. The van der Waals surface area contributed by atoms with Gasteiger partial charge < -0.3 is 9.80 Å². The van der Waals surface area contributed by atoms with Gasteiger partial charge in [0.2, 0.25) is 0 Å². The average molecular weight is 328 g/mol. The lowest BCUT2D eigenvalue weighted by molar-refractivity contribution is 0.0372. The van der Waals surface area contributed by atoms with Gasteiger partial charge in [-0.1, -0.05) is 6.42 Å². The van der Waals surface area contributed by atoms with Crippen LogP contribution in [0.15, 0.2) is 18.3 Å². The molecule has 1 atom stereocenters. The van der Waals surface area contributed by atoms with Crippen molar-refractivity contribution in [3.05, 3.63) is 23.9 Å². The van der Waals surface area contributed by atoms with Gasteiger partial charge in [-0.25, -0.2) is 4.98 Å². The van der Waals surface area contributed by atoms with Crippen LogP contribution in [-0.4, -0.2) is 66.0 Å². The summed E-state index contributed by atoms with van der Waals surface area (Å²) in [5.74, 6) is 1.07. The van der Waals surface area contributed by atoms with E-state index in [4.69, 9.17) is 0 Å². The molecule has 4 rings (SSSR count). The molecule has 0 unspecified atom stereocenters. The van der Waals surface area contributed by atoms with Gasteiger partial charge in [0.15, 0.2) is 0 Å². The molecule has 130 valence electrons. The summed E-state index contributed by atoms with van der Waals surface area (Å²) in [5.41, 5.74) is 0.795. The normalized spacial score (nSPS) is 25.4. The maximum atomic E-state index is 13.2. The summed E-state index contributed by atoms with van der Waals surface area (Å²) in [6.07, 6.45) is 9.35. The molecule has 24 heavy (non-hydrogen) atoms. The Morgan fingerprint density at radius 2 is 1.83 bits per heavy atom. The number of fused-ring (bicyclic) bond motifs is 1. The minimum atomic E-state index is 0.175. The fraction of sp³-hybridized carbons (Fsp3) is 0.684. The molecule has 4 heterocycles. The Balaban J connectivity index is 1.52. The van der Waals surface area contributed by atoms with E-state index in [1.807, 2.05) is 18.3 Å². The maximum absolute atomic E-state index is 13.2. The van der Waals surface area contributed by atoms with Gasteiger partial charge in [0.25, 0.3) is 5.91 Å². The van der Waals surface area contributed by atoms with E-state index >= 15 is 0 Å². The van der Waals surface area contributed by atoms with E-state index in [9.17, 15) is 4.79 Å². The van der Waals surface area contributed by atoms with Crippen LogP contribution < -0.4 is 4.90 Å². The Hall–Kier alpha value is -1.62. The predicted molar refractivity (Wildman–Crippen MR) is 95.4 cm³/mol. The first-order chi connectivity index (χ1) is 11.8. The van der Waals surface area contributed by atoms with Gasteiger partial charge in [-0.2, -0.15) is 0 Å². The Bertz CT molecular complexity index is 584. The highest BCUT2D eigenvalue weighted by molar-refractivity contribution is 5.99. The number of amides is 1. The molecule has 5 nitrogen and oxygen atoms in total. The summed E-state index contributed by atoms with van der Waals surface area (Å²) in [5, 5.41) is 0. The van der Waals surface area contributed by atoms with Crippen LogP contribution in [0.2, 0.25) is 0 Å². The number of carbonyl (C=O) groups excluding carboxylic acids is 1. The number of pyridine rings is 1. The van der Waals surface area contributed by atoms with E-state index < -0.39 is 0 Å². The molecule has 0 aliphatic carbocycles. The SMILES string of the molecule is O=C(c1cccnc1N1CCCCC1)N1CCN2CCCC[C@@H]2C1. The highest BCUT2D eigenvalue weighted by atomic mass is 16.2. The molecule has 3 saturated heterocycles. The van der Waals surface area contributed by atoms with Crippen molar-refractivity contribution in [2.24, 2.45) is 0 Å². The summed E-state index contributed by atoms with van der Waals surface area (Å²) in [6.45, 7) is 6.01. The van der Waals surface area contributed by atoms with E-state index in [1.165, 1.54) is 45.1 Å². The molecule has 0 radical (unpaired) electrons. The van der Waals surface area contributed by atoms with Crippen molar-refractivity contribution in [3.63, 3.8) is 0 Å². The second kappa shape index (κ2) is 7.09. The van der Waals surface area contributed by atoms with Crippen molar-refractivity contribution in [1.82, 2.24) is 14.8 Å². The lowest BCUT2D eigenvalue weighted by atomic mass is 9.99. The number of rotatable bonds is 2. The largest absolute Gasteiger partial charge is 0.356 e. The predicted octanol–water partition coefficient (Wildman–Crippen LogP) is 2.38. The average Bonchev–Trinajstić information content (AvgIpc) is 2.68. The third-order valence-electron chi connectivity index (χ3n) is 5.80. The number of hydrogen-bond donors (Lipinski definition) is 0. The van der Waals surface area contributed by atoms with Crippen molar-refractivity contribution in [2.75, 3.05) is 44.2 Å². The molecule has 0 bridgehead atoms. The fourth-order valence-corrected chi connectivity index (χ4v) is 4.43. The van der Waals surface area contributed by atoms with E-state index in [0.29, 0.717) is 6.04 Å². The van der Waals surface area contributed by atoms with Gasteiger partial charge in [-0.3, -0.25) is 9.69 Å². The molecule has 3 aliphatic heterocycles. The van der Waals surface area contributed by atoms with E-state index in [1.54, 1.807) is 0 Å². The van der Waals surface area contributed by atoms with Crippen molar-refractivity contribution in [3.8, 4) is 0 Å². The van der Waals surface area contributed by atoms with Crippen LogP contribution in [0.5, 0.6) is 0 Å². The van der Waals surface area contributed by atoms with Gasteiger partial charge in [0, 0.05) is 45.0 Å². The molecule has 1 aromatic heterocycles. The third kappa shape index (κ3) is 3.14. The van der Waals surface area contributed by atoms with Crippen LogP contribution in [0.3, 0.4) is 0 Å². The number of carbonyl (C=O) groups is 1. The fourth-order valence-electron chi connectivity index (χ4n) is 4.43. The third-order valence-corrected chi connectivity index (χ3v) is 5.80. The monoisotopic (exact) mass is 328 g/mol. The minimum absolute atomic E-state index is 0.175. The summed E-state index contributed by atoms with van der Waals surface area (Å²) >= 11 is 0. The maximum Gasteiger partial charge on any atom is 0.257 e. The Kier molecular flexibility index (Phi) is 4.69. The molecular formula is C19H28N4O. The Morgan fingerprint density at radius 1 is 1.00 bits per heavy atom. The molecule has 3 fully saturated rings. The summed E-state index contributed by atoms with van der Waals surface area (Å²) < 4.78 is 0. The van der Waals surface area contributed by atoms with Crippen molar-refractivity contribution in [1.29, 1.82) is 0 Å². The second-order valence-corrected chi connectivity index (χ2v) is 7.36. The number of hydrogen-bond acceptors (Lipinski definition) is 4. The molecule has 0 spiro atoms. The molecular weight excluding hydrogens is 300 g/mol. The minimum Gasteiger partial charge on any atom is -0.356 e. The zero-order chi connectivity index (χ0) is 16.4. The van der Waals surface area contributed by atoms with Crippen LogP contribution in [0.25, 0.3) is 0 Å². The molecule has 1 aromatic rings. The first kappa shape index (κ1) is 15.9. The molecule has 0 N–H and O–H groups in total. The standard InChI is InChI=1S/C19H28N4O/c24-19(23-14-13-21-10-5-2-7-16(21)15-23)17-8-6-9-20-18(17)22-11-3-1-4-12-22/h6,8-9,16H,1-5,7,10-15H2/t16-/m1/s1. The van der Waals surface area contributed by atoms with Gasteiger partial charge in [-0.15, -0.1) is 0 Å². The number of anilines is 1. The van der Waals surface area contributed by atoms with E-state index in [0.717, 1.165) is 44.1 Å². The van der Waals surface area contributed by atoms with Crippen LogP contribution >= 0.6 is 0 Å². The lowest BCUT2D eigenvalue weighted by Crippen LogP contribution is -2.56. The smallest absolute Gasteiger partial charge is 0.257 e. The second-order valence-electron chi connectivity index (χ2n) is 7.36. The highest BCUT2D eigenvalue weighted by Crippen LogP contribution is 2.26. The number of piperidine rings is 2. The summed E-state index contributed by atoms with van der Waals surface area (Å²) in [4.78, 5) is 24.7. The van der Waals surface area contributed by atoms with Crippen LogP contribution in [0.1, 0.15) is 48.9 Å². The molecule has 1 amide bonds. The first-order valence-corrected chi connectivity index (χ1v) is 9.56. The van der Waals surface area contributed by atoms with Gasteiger partial charge in [0.05, 0.1) is 5.56 Å². The molecule has 0 saturated carbocycles. The van der Waals surface area contributed by atoms with E-state index in [-0.39, 0.29) is 5.91 Å². The summed E-state index contributed by atoms with van der Waals surface area (Å²) in [7, 11) is 0.